The highest BCUT2D eigenvalue weighted by molar-refractivity contribution is 5.94. The summed E-state index contributed by atoms with van der Waals surface area (Å²) in [7, 11) is 0. The number of amides is 1. The normalized spacial score (nSPS) is 12.0. The molecule has 0 spiro atoms. The van der Waals surface area contributed by atoms with Crippen LogP contribution in [0.2, 0.25) is 0 Å². The van der Waals surface area contributed by atoms with Gasteiger partial charge in [-0.25, -0.2) is 8.78 Å². The number of hydrogen-bond donors (Lipinski definition) is 1. The monoisotopic (exact) mass is 437 g/mol. The molecule has 0 aliphatic carbocycles. The van der Waals surface area contributed by atoms with Gasteiger partial charge in [-0.3, -0.25) is 4.79 Å². The Bertz CT molecular complexity index is 1070. The Morgan fingerprint density at radius 2 is 1.69 bits per heavy atom. The molecule has 0 aliphatic rings. The summed E-state index contributed by atoms with van der Waals surface area (Å²) in [5.74, 6) is -0.465. The SMILES string of the molecule is Cc1cc(C)cc(C(CC(C)C)NC(=O)c2cccc(OCc3cc(F)ccc3F)c2)c1. The molecule has 3 aromatic rings. The first-order valence-electron chi connectivity index (χ1n) is 10.8. The second kappa shape index (κ2) is 10.4. The molecular formula is C27H29F2NO2. The largest absolute Gasteiger partial charge is 0.489 e. The third-order valence-corrected chi connectivity index (χ3v) is 5.16. The molecule has 1 amide bonds. The Hall–Kier alpha value is -3.21. The number of hydrogen-bond acceptors (Lipinski definition) is 2. The number of halogens is 2. The first kappa shape index (κ1) is 23.5. The lowest BCUT2D eigenvalue weighted by molar-refractivity contribution is 0.0931. The van der Waals surface area contributed by atoms with Gasteiger partial charge in [0.25, 0.3) is 5.91 Å². The summed E-state index contributed by atoms with van der Waals surface area (Å²) >= 11 is 0. The molecular weight excluding hydrogens is 408 g/mol. The fourth-order valence-electron chi connectivity index (χ4n) is 3.74. The molecule has 0 aromatic heterocycles. The first-order valence-corrected chi connectivity index (χ1v) is 10.8. The molecule has 0 bridgehead atoms. The lowest BCUT2D eigenvalue weighted by atomic mass is 9.94. The molecule has 0 radical (unpaired) electrons. The summed E-state index contributed by atoms with van der Waals surface area (Å²) < 4.78 is 32.8. The molecule has 5 heteroatoms. The molecule has 0 saturated heterocycles. The summed E-state index contributed by atoms with van der Waals surface area (Å²) in [5, 5.41) is 3.15. The van der Waals surface area contributed by atoms with Crippen molar-refractivity contribution in [2.45, 2.75) is 46.8 Å². The second-order valence-electron chi connectivity index (χ2n) is 8.63. The Kier molecular flexibility index (Phi) is 7.62. The Morgan fingerprint density at radius 3 is 2.38 bits per heavy atom. The topological polar surface area (TPSA) is 38.3 Å². The Morgan fingerprint density at radius 1 is 0.969 bits per heavy atom. The van der Waals surface area contributed by atoms with Gasteiger partial charge < -0.3 is 10.1 Å². The maximum atomic E-state index is 13.8. The van der Waals surface area contributed by atoms with E-state index in [2.05, 4.69) is 37.4 Å². The fraction of sp³-hybridized carbons (Fsp3) is 0.296. The third-order valence-electron chi connectivity index (χ3n) is 5.16. The number of benzene rings is 3. The number of carbonyl (C=O) groups excluding carboxylic acids is 1. The molecule has 168 valence electrons. The molecule has 1 atom stereocenters. The van der Waals surface area contributed by atoms with Crippen LogP contribution in [0, 0.1) is 31.4 Å². The van der Waals surface area contributed by atoms with Crippen molar-refractivity contribution in [3.05, 3.63) is 100 Å². The maximum absolute atomic E-state index is 13.8. The summed E-state index contributed by atoms with van der Waals surface area (Å²) in [6, 6.07) is 16.1. The predicted octanol–water partition coefficient (Wildman–Crippen LogP) is 6.68. The highest BCUT2D eigenvalue weighted by Gasteiger charge is 2.18. The van der Waals surface area contributed by atoms with Crippen molar-refractivity contribution in [1.82, 2.24) is 5.32 Å². The van der Waals surface area contributed by atoms with Gasteiger partial charge in [-0.05, 0) is 68.1 Å². The van der Waals surface area contributed by atoms with Crippen molar-refractivity contribution in [1.29, 1.82) is 0 Å². The zero-order chi connectivity index (χ0) is 23.3. The van der Waals surface area contributed by atoms with Gasteiger partial charge in [0, 0.05) is 11.1 Å². The van der Waals surface area contributed by atoms with Gasteiger partial charge in [0.2, 0.25) is 0 Å². The number of aryl methyl sites for hydroxylation is 2. The van der Waals surface area contributed by atoms with Crippen LogP contribution < -0.4 is 10.1 Å². The van der Waals surface area contributed by atoms with Gasteiger partial charge in [0.15, 0.2) is 0 Å². The number of carbonyl (C=O) groups is 1. The lowest BCUT2D eigenvalue weighted by Gasteiger charge is -2.22. The van der Waals surface area contributed by atoms with Crippen molar-refractivity contribution >= 4 is 5.91 Å². The summed E-state index contributed by atoms with van der Waals surface area (Å²) in [6.45, 7) is 8.22. The molecule has 0 heterocycles. The minimum absolute atomic E-state index is 0.117. The van der Waals surface area contributed by atoms with E-state index in [0.717, 1.165) is 41.3 Å². The Balaban J connectivity index is 1.75. The average molecular weight is 438 g/mol. The molecule has 3 aromatic carbocycles. The molecule has 0 aliphatic heterocycles. The quantitative estimate of drug-likeness (QED) is 0.427. The molecule has 0 saturated carbocycles. The summed E-state index contributed by atoms with van der Waals surface area (Å²) in [5.41, 5.74) is 3.96. The van der Waals surface area contributed by atoms with Crippen molar-refractivity contribution in [3.8, 4) is 5.75 Å². The van der Waals surface area contributed by atoms with Crippen LogP contribution in [0.25, 0.3) is 0 Å². The highest BCUT2D eigenvalue weighted by Crippen LogP contribution is 2.25. The minimum Gasteiger partial charge on any atom is -0.489 e. The number of rotatable bonds is 8. The molecule has 1 unspecified atom stereocenters. The molecule has 1 N–H and O–H groups in total. The van der Waals surface area contributed by atoms with Gasteiger partial charge in [-0.2, -0.15) is 0 Å². The van der Waals surface area contributed by atoms with Crippen LogP contribution in [-0.2, 0) is 6.61 Å². The predicted molar refractivity (Wildman–Crippen MR) is 123 cm³/mol. The summed E-state index contributed by atoms with van der Waals surface area (Å²) in [4.78, 5) is 13.0. The fourth-order valence-corrected chi connectivity index (χ4v) is 3.74. The number of ether oxygens (including phenoxy) is 1. The van der Waals surface area contributed by atoms with Gasteiger partial charge in [-0.15, -0.1) is 0 Å². The molecule has 3 rings (SSSR count). The van der Waals surface area contributed by atoms with Gasteiger partial charge in [0.05, 0.1) is 6.04 Å². The van der Waals surface area contributed by atoms with E-state index in [0.29, 0.717) is 17.2 Å². The second-order valence-corrected chi connectivity index (χ2v) is 8.63. The van der Waals surface area contributed by atoms with E-state index in [-0.39, 0.29) is 24.1 Å². The van der Waals surface area contributed by atoms with Crippen LogP contribution in [-0.4, -0.2) is 5.91 Å². The van der Waals surface area contributed by atoms with Crippen LogP contribution in [0.4, 0.5) is 8.78 Å². The molecule has 0 fully saturated rings. The average Bonchev–Trinajstić information content (AvgIpc) is 2.73. The van der Waals surface area contributed by atoms with E-state index in [1.165, 1.54) is 0 Å². The smallest absolute Gasteiger partial charge is 0.251 e. The van der Waals surface area contributed by atoms with Crippen LogP contribution in [0.15, 0.2) is 60.7 Å². The molecule has 32 heavy (non-hydrogen) atoms. The van der Waals surface area contributed by atoms with Crippen molar-refractivity contribution < 1.29 is 18.3 Å². The van der Waals surface area contributed by atoms with E-state index >= 15 is 0 Å². The van der Waals surface area contributed by atoms with Crippen molar-refractivity contribution in [2.24, 2.45) is 5.92 Å². The van der Waals surface area contributed by atoms with Crippen LogP contribution in [0.1, 0.15) is 58.9 Å². The van der Waals surface area contributed by atoms with Crippen LogP contribution >= 0.6 is 0 Å². The van der Waals surface area contributed by atoms with Crippen LogP contribution in [0.3, 0.4) is 0 Å². The Labute approximate surface area is 188 Å². The maximum Gasteiger partial charge on any atom is 0.251 e. The third kappa shape index (κ3) is 6.39. The van der Waals surface area contributed by atoms with E-state index in [4.69, 9.17) is 4.74 Å². The van der Waals surface area contributed by atoms with Crippen molar-refractivity contribution in [2.75, 3.05) is 0 Å². The zero-order valence-corrected chi connectivity index (χ0v) is 18.9. The van der Waals surface area contributed by atoms with E-state index in [1.54, 1.807) is 24.3 Å². The summed E-state index contributed by atoms with van der Waals surface area (Å²) in [6.07, 6.45) is 0.809. The van der Waals surface area contributed by atoms with Gasteiger partial charge in [-0.1, -0.05) is 49.2 Å². The van der Waals surface area contributed by atoms with Gasteiger partial charge in [0.1, 0.15) is 24.0 Å². The standard InChI is InChI=1S/C27H29F2NO2/c1-17(2)10-26(21-12-18(3)11-19(4)13-21)30-27(31)20-6-5-7-24(15-20)32-16-22-14-23(28)8-9-25(22)29/h5-9,11-15,17,26H,10,16H2,1-4H3,(H,30,31). The highest BCUT2D eigenvalue weighted by atomic mass is 19.1. The minimum atomic E-state index is -0.537. The van der Waals surface area contributed by atoms with E-state index in [1.807, 2.05) is 13.8 Å². The zero-order valence-electron chi connectivity index (χ0n) is 18.9. The van der Waals surface area contributed by atoms with Crippen molar-refractivity contribution in [3.63, 3.8) is 0 Å². The van der Waals surface area contributed by atoms with Gasteiger partial charge >= 0.3 is 0 Å². The molecule has 3 nitrogen and oxygen atoms in total. The first-order chi connectivity index (χ1) is 15.2. The van der Waals surface area contributed by atoms with Crippen LogP contribution in [0.5, 0.6) is 5.75 Å². The van der Waals surface area contributed by atoms with E-state index < -0.39 is 11.6 Å². The lowest BCUT2D eigenvalue weighted by Crippen LogP contribution is -2.29. The van der Waals surface area contributed by atoms with E-state index in [9.17, 15) is 13.6 Å². The number of nitrogens with one attached hydrogen (secondary N) is 1.